The van der Waals surface area contributed by atoms with Crippen molar-refractivity contribution in [1.29, 1.82) is 0 Å². The topological polar surface area (TPSA) is 45.7 Å². The number of nitrogens with zero attached hydrogens (tertiary/aromatic N) is 1. The van der Waals surface area contributed by atoms with E-state index in [4.69, 9.17) is 0 Å². The van der Waals surface area contributed by atoms with Crippen LogP contribution in [0.25, 0.3) is 0 Å². The Morgan fingerprint density at radius 2 is 2.20 bits per heavy atom. The second-order valence-corrected chi connectivity index (χ2v) is 5.94. The first-order valence-corrected chi connectivity index (χ1v) is 7.77. The van der Waals surface area contributed by atoms with Crippen LogP contribution in [-0.4, -0.2) is 56.5 Å². The van der Waals surface area contributed by atoms with Crippen molar-refractivity contribution in [2.24, 2.45) is 4.99 Å². The van der Waals surface area contributed by atoms with Crippen molar-refractivity contribution in [3.05, 3.63) is 0 Å². The van der Waals surface area contributed by atoms with Gasteiger partial charge in [0.2, 0.25) is 0 Å². The molecule has 0 spiro atoms. The Morgan fingerprint density at radius 1 is 1.40 bits per heavy atom. The van der Waals surface area contributed by atoms with E-state index < -0.39 is 12.8 Å². The van der Waals surface area contributed by atoms with Crippen LogP contribution in [0.15, 0.2) is 4.99 Å². The molecule has 8 heteroatoms. The van der Waals surface area contributed by atoms with Gasteiger partial charge in [0.25, 0.3) is 0 Å². The van der Waals surface area contributed by atoms with Gasteiger partial charge in [0.05, 0.1) is 0 Å². The van der Waals surface area contributed by atoms with Crippen LogP contribution in [-0.2, 0) is 4.74 Å². The molecule has 4 nitrogen and oxygen atoms in total. The highest BCUT2D eigenvalue weighted by atomic mass is 32.2. The van der Waals surface area contributed by atoms with E-state index in [-0.39, 0.29) is 6.61 Å². The highest BCUT2D eigenvalue weighted by molar-refractivity contribution is 8.00. The molecule has 0 aromatic heterocycles. The lowest BCUT2D eigenvalue weighted by molar-refractivity contribution is -0.173. The maximum Gasteiger partial charge on any atom is 0.411 e. The van der Waals surface area contributed by atoms with Crippen molar-refractivity contribution in [3.63, 3.8) is 0 Å². The molecular formula is C12H22F3N3OS. The van der Waals surface area contributed by atoms with Crippen molar-refractivity contribution < 1.29 is 17.9 Å². The third-order valence-corrected chi connectivity index (χ3v) is 4.17. The number of thioether (sulfide) groups is 1. The molecule has 0 saturated carbocycles. The summed E-state index contributed by atoms with van der Waals surface area (Å²) in [6.45, 7) is 0.311. The minimum absolute atomic E-state index is 0.0853. The molecular weight excluding hydrogens is 291 g/mol. The predicted octanol–water partition coefficient (Wildman–Crippen LogP) is 2.02. The van der Waals surface area contributed by atoms with Gasteiger partial charge in [-0.2, -0.15) is 24.9 Å². The summed E-state index contributed by atoms with van der Waals surface area (Å²) in [6.07, 6.45) is -1.25. The lowest BCUT2D eigenvalue weighted by Gasteiger charge is -2.14. The Hall–Kier alpha value is -0.630. The summed E-state index contributed by atoms with van der Waals surface area (Å²) in [4.78, 5) is 4.07. The fourth-order valence-electron chi connectivity index (χ4n) is 1.81. The number of rotatable bonds is 7. The van der Waals surface area contributed by atoms with Gasteiger partial charge in [-0.15, -0.1) is 0 Å². The quantitative estimate of drug-likeness (QED) is 0.429. The van der Waals surface area contributed by atoms with Crippen LogP contribution in [0.5, 0.6) is 0 Å². The zero-order valence-corrected chi connectivity index (χ0v) is 12.4. The van der Waals surface area contributed by atoms with E-state index in [0.717, 1.165) is 6.54 Å². The first-order valence-electron chi connectivity index (χ1n) is 6.72. The molecule has 1 aliphatic rings. The van der Waals surface area contributed by atoms with E-state index in [1.54, 1.807) is 7.05 Å². The molecule has 0 radical (unpaired) electrons. The fourth-order valence-corrected chi connectivity index (χ4v) is 3.01. The Labute approximate surface area is 121 Å². The molecule has 118 valence electrons. The number of hydrogen-bond donors (Lipinski definition) is 2. The Kier molecular flexibility index (Phi) is 8.13. The number of guanidine groups is 1. The highest BCUT2D eigenvalue weighted by Gasteiger charge is 2.27. The van der Waals surface area contributed by atoms with Gasteiger partial charge in [0.15, 0.2) is 5.96 Å². The summed E-state index contributed by atoms with van der Waals surface area (Å²) in [5.74, 6) is 1.91. The van der Waals surface area contributed by atoms with Crippen LogP contribution in [0.3, 0.4) is 0 Å². The number of halogens is 3. The van der Waals surface area contributed by atoms with E-state index in [1.807, 2.05) is 11.8 Å². The number of ether oxygens (including phenoxy) is 1. The average molecular weight is 313 g/mol. The molecule has 0 amide bonds. The number of aliphatic imine (C=N–C) groups is 1. The van der Waals surface area contributed by atoms with Crippen LogP contribution in [0.1, 0.15) is 19.3 Å². The zero-order valence-electron chi connectivity index (χ0n) is 11.6. The maximum atomic E-state index is 11.8. The van der Waals surface area contributed by atoms with Gasteiger partial charge in [-0.25, -0.2) is 0 Å². The first kappa shape index (κ1) is 17.4. The molecule has 1 atom stereocenters. The molecule has 0 aliphatic carbocycles. The summed E-state index contributed by atoms with van der Waals surface area (Å²) in [7, 11) is 1.68. The smallest absolute Gasteiger partial charge is 0.372 e. The van der Waals surface area contributed by atoms with Crippen molar-refractivity contribution in [1.82, 2.24) is 10.6 Å². The average Bonchev–Trinajstić information content (AvgIpc) is 2.89. The first-order chi connectivity index (χ1) is 9.51. The summed E-state index contributed by atoms with van der Waals surface area (Å²) in [6, 6.07) is 0. The van der Waals surface area contributed by atoms with Crippen molar-refractivity contribution in [3.8, 4) is 0 Å². The number of hydrogen-bond acceptors (Lipinski definition) is 3. The van der Waals surface area contributed by atoms with E-state index in [9.17, 15) is 13.2 Å². The van der Waals surface area contributed by atoms with Crippen LogP contribution >= 0.6 is 11.8 Å². The summed E-state index contributed by atoms with van der Waals surface area (Å²) in [5, 5.41) is 6.91. The van der Waals surface area contributed by atoms with Crippen LogP contribution < -0.4 is 10.6 Å². The molecule has 1 rings (SSSR count). The Morgan fingerprint density at radius 3 is 2.80 bits per heavy atom. The lowest BCUT2D eigenvalue weighted by atomic mass is 10.2. The molecule has 20 heavy (non-hydrogen) atoms. The molecule has 0 aromatic rings. The van der Waals surface area contributed by atoms with Gasteiger partial charge in [0.1, 0.15) is 6.61 Å². The second-order valence-electron chi connectivity index (χ2n) is 4.54. The molecule has 0 aromatic carbocycles. The largest absolute Gasteiger partial charge is 0.411 e. The van der Waals surface area contributed by atoms with Crippen molar-refractivity contribution in [2.75, 3.05) is 39.1 Å². The van der Waals surface area contributed by atoms with E-state index in [1.165, 1.54) is 18.6 Å². The van der Waals surface area contributed by atoms with Crippen molar-refractivity contribution in [2.45, 2.75) is 30.7 Å². The minimum atomic E-state index is -4.25. The SMILES string of the molecule is CN=C(NCCCOCC(F)(F)F)NCC1CCCS1. The zero-order chi connectivity index (χ0) is 14.8. The normalized spacial score (nSPS) is 20.2. The van der Waals surface area contributed by atoms with Crippen LogP contribution in [0, 0.1) is 0 Å². The lowest BCUT2D eigenvalue weighted by Crippen LogP contribution is -2.40. The van der Waals surface area contributed by atoms with Crippen LogP contribution in [0.4, 0.5) is 13.2 Å². The minimum Gasteiger partial charge on any atom is -0.372 e. The van der Waals surface area contributed by atoms with Gasteiger partial charge in [-0.05, 0) is 25.0 Å². The summed E-state index contributed by atoms with van der Waals surface area (Å²) < 4.78 is 40.0. The maximum absolute atomic E-state index is 11.8. The molecule has 1 aliphatic heterocycles. The highest BCUT2D eigenvalue weighted by Crippen LogP contribution is 2.25. The van der Waals surface area contributed by atoms with Crippen LogP contribution in [0.2, 0.25) is 0 Å². The van der Waals surface area contributed by atoms with Gasteiger partial charge >= 0.3 is 6.18 Å². The van der Waals surface area contributed by atoms with E-state index in [0.29, 0.717) is 24.2 Å². The molecule has 1 fully saturated rings. The standard InChI is InChI=1S/C12H22F3N3OS/c1-16-11(18-8-10-4-2-7-20-10)17-5-3-6-19-9-12(13,14)15/h10H,2-9H2,1H3,(H2,16,17,18). The molecule has 1 saturated heterocycles. The summed E-state index contributed by atoms with van der Waals surface area (Å²) in [5.41, 5.74) is 0. The van der Waals surface area contributed by atoms with Gasteiger partial charge in [-0.3, -0.25) is 4.99 Å². The monoisotopic (exact) mass is 313 g/mol. The number of alkyl halides is 3. The predicted molar refractivity (Wildman–Crippen MR) is 76.3 cm³/mol. The molecule has 0 bridgehead atoms. The van der Waals surface area contributed by atoms with Crippen molar-refractivity contribution >= 4 is 17.7 Å². The van der Waals surface area contributed by atoms with E-state index >= 15 is 0 Å². The third-order valence-electron chi connectivity index (χ3n) is 2.77. The molecule has 2 N–H and O–H groups in total. The van der Waals surface area contributed by atoms with Gasteiger partial charge in [-0.1, -0.05) is 0 Å². The Balaban J connectivity index is 2.00. The molecule has 1 unspecified atom stereocenters. The van der Waals surface area contributed by atoms with Gasteiger partial charge < -0.3 is 15.4 Å². The van der Waals surface area contributed by atoms with E-state index in [2.05, 4.69) is 20.4 Å². The molecule has 1 heterocycles. The summed E-state index contributed by atoms with van der Waals surface area (Å²) >= 11 is 1.96. The Bertz CT molecular complexity index is 294. The number of nitrogens with one attached hydrogen (secondary N) is 2. The third kappa shape index (κ3) is 8.52. The van der Waals surface area contributed by atoms with Gasteiger partial charge in [0, 0.05) is 32.0 Å². The fraction of sp³-hybridized carbons (Fsp3) is 0.917. The second kappa shape index (κ2) is 9.33.